The van der Waals surface area contributed by atoms with Gasteiger partial charge in [-0.3, -0.25) is 9.97 Å². The smallest absolute Gasteiger partial charge is 0.116 e. The zero-order chi connectivity index (χ0) is 17.1. The van der Waals surface area contributed by atoms with Gasteiger partial charge in [0, 0.05) is 33.9 Å². The number of hydrogen-bond acceptors (Lipinski definition) is 3. The van der Waals surface area contributed by atoms with Crippen molar-refractivity contribution in [1.82, 2.24) is 15.0 Å². The highest BCUT2D eigenvalue weighted by Gasteiger charge is 2.14. The molecule has 2 aromatic heterocycles. The van der Waals surface area contributed by atoms with Crippen LogP contribution in [-0.4, -0.2) is 15.0 Å². The van der Waals surface area contributed by atoms with E-state index < -0.39 is 0 Å². The maximum Gasteiger partial charge on any atom is 0.116 e. The van der Waals surface area contributed by atoms with Gasteiger partial charge >= 0.3 is 0 Å². The molecule has 0 unspecified atom stereocenters. The Kier molecular flexibility index (Phi) is 2.61. The van der Waals surface area contributed by atoms with Gasteiger partial charge in [0.15, 0.2) is 0 Å². The van der Waals surface area contributed by atoms with Gasteiger partial charge in [-0.2, -0.15) is 0 Å². The molecule has 0 radical (unpaired) electrons. The van der Waals surface area contributed by atoms with E-state index in [1.165, 1.54) is 16.2 Å². The largest absolute Gasteiger partial charge is 0.252 e. The van der Waals surface area contributed by atoms with E-state index in [0.717, 1.165) is 38.2 Å². The topological polar surface area (TPSA) is 38.7 Å². The Morgan fingerprint density at radius 2 is 1.31 bits per heavy atom. The second kappa shape index (κ2) is 4.96. The van der Waals surface area contributed by atoms with Crippen LogP contribution in [0, 0.1) is 0 Å². The number of benzene rings is 4. The number of hydrogen-bond donors (Lipinski definition) is 0. The van der Waals surface area contributed by atoms with Crippen molar-refractivity contribution in [3.8, 4) is 0 Å². The molecule has 0 bridgehead atoms. The summed E-state index contributed by atoms with van der Waals surface area (Å²) in [6, 6.07) is 23.3. The average molecular weight is 331 g/mol. The average Bonchev–Trinajstić information content (AvgIpc) is 2.72. The van der Waals surface area contributed by atoms with E-state index in [-0.39, 0.29) is 0 Å². The molecule has 3 heteroatoms. The molecule has 0 fully saturated rings. The SMILES string of the molecule is c1ccc2nc3c(cc2c1)c1c2ccccc2ccc1c1nccnc13. The molecule has 0 N–H and O–H groups in total. The Morgan fingerprint density at radius 1 is 0.538 bits per heavy atom. The molecule has 6 rings (SSSR count). The molecular formula is C23H13N3. The predicted molar refractivity (Wildman–Crippen MR) is 107 cm³/mol. The van der Waals surface area contributed by atoms with Crippen LogP contribution in [0.1, 0.15) is 0 Å². The van der Waals surface area contributed by atoms with E-state index >= 15 is 0 Å². The minimum absolute atomic E-state index is 0.857. The molecule has 4 aromatic carbocycles. The lowest BCUT2D eigenvalue weighted by Crippen LogP contribution is -1.92. The normalized spacial score (nSPS) is 11.8. The van der Waals surface area contributed by atoms with Crippen molar-refractivity contribution in [3.05, 3.63) is 79.1 Å². The minimum Gasteiger partial charge on any atom is -0.252 e. The van der Waals surface area contributed by atoms with E-state index in [0.29, 0.717) is 0 Å². The zero-order valence-electron chi connectivity index (χ0n) is 13.8. The number of nitrogens with zero attached hydrogens (tertiary/aromatic N) is 3. The van der Waals surface area contributed by atoms with Crippen LogP contribution >= 0.6 is 0 Å². The number of rotatable bonds is 0. The molecular weight excluding hydrogens is 318 g/mol. The van der Waals surface area contributed by atoms with Crippen LogP contribution in [-0.2, 0) is 0 Å². The highest BCUT2D eigenvalue weighted by Crippen LogP contribution is 2.37. The van der Waals surface area contributed by atoms with Crippen molar-refractivity contribution >= 4 is 54.4 Å². The van der Waals surface area contributed by atoms with Crippen LogP contribution in [0.2, 0.25) is 0 Å². The van der Waals surface area contributed by atoms with E-state index in [1.54, 1.807) is 12.4 Å². The molecule has 0 aliphatic rings. The Hall–Kier alpha value is -3.59. The molecule has 0 aliphatic carbocycles. The van der Waals surface area contributed by atoms with E-state index in [9.17, 15) is 0 Å². The molecule has 26 heavy (non-hydrogen) atoms. The fourth-order valence-corrected chi connectivity index (χ4v) is 3.95. The Morgan fingerprint density at radius 3 is 2.23 bits per heavy atom. The first kappa shape index (κ1) is 13.7. The van der Waals surface area contributed by atoms with Crippen LogP contribution in [0.4, 0.5) is 0 Å². The highest BCUT2D eigenvalue weighted by molar-refractivity contribution is 6.29. The molecule has 120 valence electrons. The summed E-state index contributed by atoms with van der Waals surface area (Å²) in [6.45, 7) is 0. The lowest BCUT2D eigenvalue weighted by molar-refractivity contribution is 1.30. The molecule has 0 amide bonds. The molecule has 0 saturated heterocycles. The predicted octanol–water partition coefficient (Wildman–Crippen LogP) is 5.64. The number of pyridine rings is 1. The molecule has 0 saturated carbocycles. The molecule has 2 heterocycles. The molecule has 0 spiro atoms. The number of para-hydroxylation sites is 1. The van der Waals surface area contributed by atoms with Gasteiger partial charge < -0.3 is 0 Å². The summed E-state index contributed by atoms with van der Waals surface area (Å²) in [7, 11) is 0. The summed E-state index contributed by atoms with van der Waals surface area (Å²) in [5.74, 6) is 0. The highest BCUT2D eigenvalue weighted by atomic mass is 14.8. The summed E-state index contributed by atoms with van der Waals surface area (Å²) in [5.41, 5.74) is 3.65. The van der Waals surface area contributed by atoms with Crippen molar-refractivity contribution in [2.24, 2.45) is 0 Å². The van der Waals surface area contributed by atoms with Gasteiger partial charge in [0.2, 0.25) is 0 Å². The summed E-state index contributed by atoms with van der Waals surface area (Å²) < 4.78 is 0. The summed E-state index contributed by atoms with van der Waals surface area (Å²) in [6.07, 6.45) is 3.50. The van der Waals surface area contributed by atoms with Gasteiger partial charge in [0.05, 0.1) is 16.6 Å². The van der Waals surface area contributed by atoms with E-state index in [2.05, 4.69) is 64.6 Å². The summed E-state index contributed by atoms with van der Waals surface area (Å²) in [4.78, 5) is 14.2. The van der Waals surface area contributed by atoms with Crippen LogP contribution in [0.5, 0.6) is 0 Å². The number of aromatic nitrogens is 3. The van der Waals surface area contributed by atoms with Crippen LogP contribution in [0.25, 0.3) is 54.4 Å². The van der Waals surface area contributed by atoms with Crippen molar-refractivity contribution < 1.29 is 0 Å². The zero-order valence-corrected chi connectivity index (χ0v) is 13.8. The second-order valence-corrected chi connectivity index (χ2v) is 6.54. The fourth-order valence-electron chi connectivity index (χ4n) is 3.95. The third-order valence-electron chi connectivity index (χ3n) is 5.10. The van der Waals surface area contributed by atoms with Gasteiger partial charge in [0.25, 0.3) is 0 Å². The summed E-state index contributed by atoms with van der Waals surface area (Å²) in [5, 5.41) is 7.03. The third kappa shape index (κ3) is 1.74. The monoisotopic (exact) mass is 331 g/mol. The van der Waals surface area contributed by atoms with Crippen LogP contribution in [0.3, 0.4) is 0 Å². The van der Waals surface area contributed by atoms with Gasteiger partial charge in [-0.05, 0) is 22.9 Å². The molecule has 3 nitrogen and oxygen atoms in total. The van der Waals surface area contributed by atoms with E-state index in [4.69, 9.17) is 4.98 Å². The van der Waals surface area contributed by atoms with Gasteiger partial charge in [-0.1, -0.05) is 54.6 Å². The molecule has 0 atom stereocenters. The first-order valence-electron chi connectivity index (χ1n) is 8.64. The van der Waals surface area contributed by atoms with Crippen molar-refractivity contribution in [3.63, 3.8) is 0 Å². The van der Waals surface area contributed by atoms with Gasteiger partial charge in [-0.15, -0.1) is 0 Å². The Bertz CT molecular complexity index is 1460. The molecule has 6 aromatic rings. The van der Waals surface area contributed by atoms with Crippen LogP contribution in [0.15, 0.2) is 79.1 Å². The van der Waals surface area contributed by atoms with E-state index in [1.807, 2.05) is 12.1 Å². The lowest BCUT2D eigenvalue weighted by Gasteiger charge is -2.11. The first-order valence-corrected chi connectivity index (χ1v) is 8.64. The standard InChI is InChI=1S/C23H13N3/c1-3-7-16-14(5-1)9-10-17-20(16)18-13-15-6-2-4-8-19(15)26-22(18)23-21(17)24-11-12-25-23/h1-13H. The van der Waals surface area contributed by atoms with Gasteiger partial charge in [-0.25, -0.2) is 4.98 Å². The van der Waals surface area contributed by atoms with Crippen molar-refractivity contribution in [2.45, 2.75) is 0 Å². The van der Waals surface area contributed by atoms with Crippen molar-refractivity contribution in [2.75, 3.05) is 0 Å². The Balaban J connectivity index is 2.03. The van der Waals surface area contributed by atoms with Gasteiger partial charge in [0.1, 0.15) is 5.52 Å². The third-order valence-corrected chi connectivity index (χ3v) is 5.10. The quantitative estimate of drug-likeness (QED) is 0.267. The summed E-state index contributed by atoms with van der Waals surface area (Å²) >= 11 is 0. The maximum absolute atomic E-state index is 4.96. The second-order valence-electron chi connectivity index (χ2n) is 6.54. The number of fused-ring (bicyclic) bond motifs is 9. The minimum atomic E-state index is 0.857. The lowest BCUT2D eigenvalue weighted by atomic mass is 9.96. The Labute approximate surface area is 148 Å². The fraction of sp³-hybridized carbons (Fsp3) is 0. The maximum atomic E-state index is 4.96. The first-order chi connectivity index (χ1) is 12.9. The molecule has 0 aliphatic heterocycles. The van der Waals surface area contributed by atoms with Crippen molar-refractivity contribution in [1.29, 1.82) is 0 Å². The van der Waals surface area contributed by atoms with Crippen LogP contribution < -0.4 is 0 Å².